The van der Waals surface area contributed by atoms with E-state index in [9.17, 15) is 4.79 Å². The van der Waals surface area contributed by atoms with Gasteiger partial charge in [0.25, 0.3) is 0 Å². The predicted octanol–water partition coefficient (Wildman–Crippen LogP) is 5.03. The fourth-order valence-electron chi connectivity index (χ4n) is 4.18. The number of carbonyl (C=O) groups excluding carboxylic acids is 1. The number of aryl methyl sites for hydroxylation is 2. The van der Waals surface area contributed by atoms with Gasteiger partial charge in [0.05, 0.1) is 18.1 Å². The van der Waals surface area contributed by atoms with Gasteiger partial charge >= 0.3 is 6.09 Å². The maximum Gasteiger partial charge on any atom is 0.414 e. The summed E-state index contributed by atoms with van der Waals surface area (Å²) in [7, 11) is 0. The molecule has 1 aromatic rings. The van der Waals surface area contributed by atoms with Gasteiger partial charge in [0.15, 0.2) is 0 Å². The zero-order valence-corrected chi connectivity index (χ0v) is 17.8. The molecule has 1 amide bonds. The average Bonchev–Trinajstić information content (AvgIpc) is 2.93. The van der Waals surface area contributed by atoms with Crippen LogP contribution in [0.2, 0.25) is 0 Å². The van der Waals surface area contributed by atoms with Crippen LogP contribution in [0.5, 0.6) is 0 Å². The Labute approximate surface area is 163 Å². The van der Waals surface area contributed by atoms with Crippen LogP contribution in [0.4, 0.5) is 10.5 Å². The van der Waals surface area contributed by atoms with Gasteiger partial charge in [-0.15, -0.1) is 0 Å². The van der Waals surface area contributed by atoms with Crippen LogP contribution < -0.4 is 10.2 Å². The van der Waals surface area contributed by atoms with E-state index in [1.54, 1.807) is 4.90 Å². The van der Waals surface area contributed by atoms with Crippen LogP contribution >= 0.6 is 12.2 Å². The Kier molecular flexibility index (Phi) is 6.67. The molecule has 1 aromatic carbocycles. The number of thiocarbonyl (C=S) groups is 1. The quantitative estimate of drug-likeness (QED) is 0.678. The topological polar surface area (TPSA) is 41.6 Å². The fourth-order valence-corrected chi connectivity index (χ4v) is 4.26. The lowest BCUT2D eigenvalue weighted by Gasteiger charge is -2.33. The Balaban J connectivity index is 2.27. The summed E-state index contributed by atoms with van der Waals surface area (Å²) in [5, 5.41) is 3.08. The second kappa shape index (κ2) is 8.38. The van der Waals surface area contributed by atoms with E-state index >= 15 is 0 Å². The minimum absolute atomic E-state index is 0.177. The maximum atomic E-state index is 12.3. The molecular formula is C21H32N2O2S. The number of anilines is 1. The second-order valence-electron chi connectivity index (χ2n) is 7.67. The molecule has 26 heavy (non-hydrogen) atoms. The molecule has 0 aliphatic carbocycles. The van der Waals surface area contributed by atoms with Crippen molar-refractivity contribution < 1.29 is 9.53 Å². The molecular weight excluding hydrogens is 344 g/mol. The molecule has 1 aliphatic heterocycles. The van der Waals surface area contributed by atoms with Gasteiger partial charge in [0, 0.05) is 5.69 Å². The zero-order chi connectivity index (χ0) is 19.5. The Morgan fingerprint density at radius 1 is 1.35 bits per heavy atom. The summed E-state index contributed by atoms with van der Waals surface area (Å²) < 4.78 is 5.48. The van der Waals surface area contributed by atoms with E-state index in [2.05, 4.69) is 52.1 Å². The highest BCUT2D eigenvalue weighted by atomic mass is 32.1. The van der Waals surface area contributed by atoms with Crippen molar-refractivity contribution in [3.8, 4) is 0 Å². The monoisotopic (exact) mass is 376 g/mol. The van der Waals surface area contributed by atoms with Gasteiger partial charge in [-0.3, -0.25) is 4.90 Å². The lowest BCUT2D eigenvalue weighted by atomic mass is 9.73. The summed E-state index contributed by atoms with van der Waals surface area (Å²) in [6.45, 7) is 14.1. The maximum absolute atomic E-state index is 12.3. The Morgan fingerprint density at radius 2 is 1.96 bits per heavy atom. The first-order valence-corrected chi connectivity index (χ1v) is 9.97. The summed E-state index contributed by atoms with van der Waals surface area (Å²) in [5.41, 5.74) is 5.03. The van der Waals surface area contributed by atoms with Crippen molar-refractivity contribution in [1.29, 1.82) is 0 Å². The number of amides is 1. The third-order valence-corrected chi connectivity index (χ3v) is 5.61. The number of hydrogen-bond acceptors (Lipinski definition) is 3. The van der Waals surface area contributed by atoms with Crippen molar-refractivity contribution in [3.63, 3.8) is 0 Å². The molecule has 2 rings (SSSR count). The molecule has 1 unspecified atom stereocenters. The van der Waals surface area contributed by atoms with E-state index < -0.39 is 0 Å². The number of carbonyl (C=O) groups is 1. The van der Waals surface area contributed by atoms with Crippen molar-refractivity contribution in [1.82, 2.24) is 5.32 Å². The van der Waals surface area contributed by atoms with E-state index in [1.807, 2.05) is 6.92 Å². The summed E-state index contributed by atoms with van der Waals surface area (Å²) in [5.74, 6) is 0. The largest absolute Gasteiger partial charge is 0.442 e. The van der Waals surface area contributed by atoms with E-state index in [4.69, 9.17) is 17.0 Å². The van der Waals surface area contributed by atoms with Crippen molar-refractivity contribution in [3.05, 3.63) is 28.8 Å². The molecule has 5 heteroatoms. The third-order valence-electron chi connectivity index (χ3n) is 5.47. The molecule has 2 atom stereocenters. The van der Waals surface area contributed by atoms with Gasteiger partial charge in [-0.05, 0) is 67.9 Å². The average molecular weight is 377 g/mol. The highest BCUT2D eigenvalue weighted by Gasteiger charge is 2.34. The molecule has 0 saturated carbocycles. The summed E-state index contributed by atoms with van der Waals surface area (Å²) in [6, 6.07) is 4.26. The van der Waals surface area contributed by atoms with Gasteiger partial charge in [-0.2, -0.15) is 0 Å². The van der Waals surface area contributed by atoms with Gasteiger partial charge in [-0.25, -0.2) is 4.79 Å². The highest BCUT2D eigenvalue weighted by Crippen LogP contribution is 2.39. The first-order chi connectivity index (χ1) is 12.2. The number of rotatable bonds is 7. The van der Waals surface area contributed by atoms with Crippen molar-refractivity contribution in [2.45, 2.75) is 72.3 Å². The normalized spacial score (nSPS) is 19.2. The molecule has 0 radical (unpaired) electrons. The van der Waals surface area contributed by atoms with Crippen LogP contribution in [-0.2, 0) is 10.2 Å². The van der Waals surface area contributed by atoms with Crippen LogP contribution in [0.1, 0.15) is 63.6 Å². The SMILES string of the molecule is CCCC(C)(CC)c1c(C)cc(N2C[C@H](CNC(C)=S)OC2=O)cc1C. The summed E-state index contributed by atoms with van der Waals surface area (Å²) in [4.78, 5) is 14.8. The minimum Gasteiger partial charge on any atom is -0.442 e. The molecule has 1 heterocycles. The minimum atomic E-state index is -0.280. The molecule has 144 valence electrons. The number of benzene rings is 1. The molecule has 1 saturated heterocycles. The van der Waals surface area contributed by atoms with Crippen LogP contribution in [0.15, 0.2) is 12.1 Å². The van der Waals surface area contributed by atoms with Crippen LogP contribution in [0, 0.1) is 13.8 Å². The van der Waals surface area contributed by atoms with Crippen LogP contribution in [0.3, 0.4) is 0 Å². The van der Waals surface area contributed by atoms with E-state index in [-0.39, 0.29) is 17.6 Å². The summed E-state index contributed by atoms with van der Waals surface area (Å²) in [6.07, 6.45) is 2.98. The Morgan fingerprint density at radius 3 is 2.46 bits per heavy atom. The highest BCUT2D eigenvalue weighted by molar-refractivity contribution is 7.80. The lowest BCUT2D eigenvalue weighted by molar-refractivity contribution is 0.143. The molecule has 0 spiro atoms. The number of hydrogen-bond donors (Lipinski definition) is 1. The lowest BCUT2D eigenvalue weighted by Crippen LogP contribution is -2.32. The van der Waals surface area contributed by atoms with Gasteiger partial charge < -0.3 is 10.1 Å². The number of ether oxygens (including phenoxy) is 1. The predicted molar refractivity (Wildman–Crippen MR) is 112 cm³/mol. The standard InChI is InChI=1S/C21H32N2O2S/c1-7-9-21(6,8-2)19-14(3)10-17(11-15(19)4)23-13-18(25-20(23)24)12-22-16(5)26/h10-11,18H,7-9,12-13H2,1-6H3,(H,22,26)/t18-,21?/m0/s1. The number of nitrogens with zero attached hydrogens (tertiary/aromatic N) is 1. The second-order valence-corrected chi connectivity index (χ2v) is 8.28. The fraction of sp³-hybridized carbons (Fsp3) is 0.619. The molecule has 4 nitrogen and oxygen atoms in total. The van der Waals surface area contributed by atoms with Gasteiger partial charge in [0.2, 0.25) is 0 Å². The molecule has 1 aliphatic rings. The smallest absolute Gasteiger partial charge is 0.414 e. The Bertz CT molecular complexity index is 666. The number of nitrogens with one attached hydrogen (secondary N) is 1. The van der Waals surface area contributed by atoms with Crippen molar-refractivity contribution in [2.24, 2.45) is 0 Å². The third kappa shape index (κ3) is 4.37. The van der Waals surface area contributed by atoms with E-state index in [0.717, 1.165) is 18.5 Å². The first kappa shape index (κ1) is 20.7. The molecule has 1 fully saturated rings. The van der Waals surface area contributed by atoms with E-state index in [0.29, 0.717) is 18.1 Å². The zero-order valence-electron chi connectivity index (χ0n) is 16.9. The van der Waals surface area contributed by atoms with E-state index in [1.165, 1.54) is 23.1 Å². The molecule has 0 aromatic heterocycles. The summed E-state index contributed by atoms with van der Waals surface area (Å²) >= 11 is 5.03. The van der Waals surface area contributed by atoms with Crippen molar-refractivity contribution in [2.75, 3.05) is 18.0 Å². The van der Waals surface area contributed by atoms with Crippen molar-refractivity contribution >= 4 is 29.0 Å². The first-order valence-electron chi connectivity index (χ1n) is 9.56. The Hall–Kier alpha value is -1.62. The van der Waals surface area contributed by atoms with Gasteiger partial charge in [-0.1, -0.05) is 39.4 Å². The van der Waals surface area contributed by atoms with Gasteiger partial charge in [0.1, 0.15) is 6.10 Å². The molecule has 1 N–H and O–H groups in total. The van der Waals surface area contributed by atoms with Crippen LogP contribution in [0.25, 0.3) is 0 Å². The molecule has 0 bridgehead atoms. The van der Waals surface area contributed by atoms with Crippen LogP contribution in [-0.4, -0.2) is 30.3 Å². The number of cyclic esters (lactones) is 1.